The van der Waals surface area contributed by atoms with Gasteiger partial charge < -0.3 is 10.1 Å². The van der Waals surface area contributed by atoms with E-state index in [0.29, 0.717) is 6.61 Å². The summed E-state index contributed by atoms with van der Waals surface area (Å²) in [6.45, 7) is 2.51. The predicted octanol–water partition coefficient (Wildman–Crippen LogP) is 2.39. The minimum atomic E-state index is 0.0361. The van der Waals surface area contributed by atoms with E-state index in [1.165, 1.54) is 23.3 Å². The maximum atomic E-state index is 12.0. The molecular weight excluding hydrogens is 234 g/mol. The van der Waals surface area contributed by atoms with Gasteiger partial charge in [0.05, 0.1) is 11.5 Å². The molecule has 2 rings (SSSR count). The van der Waals surface area contributed by atoms with Crippen molar-refractivity contribution in [2.75, 3.05) is 13.7 Å². The zero-order chi connectivity index (χ0) is 12.3. The third-order valence-corrected chi connectivity index (χ3v) is 4.25. The fourth-order valence-electron chi connectivity index (χ4n) is 2.19. The zero-order valence-electron chi connectivity index (χ0n) is 10.4. The van der Waals surface area contributed by atoms with Gasteiger partial charge in [-0.15, -0.1) is 11.3 Å². The Balaban J connectivity index is 2.01. The molecule has 1 amide bonds. The summed E-state index contributed by atoms with van der Waals surface area (Å²) in [4.78, 5) is 14.2. The number of methoxy groups -OCH3 is 1. The fourth-order valence-corrected chi connectivity index (χ4v) is 3.35. The second-order valence-corrected chi connectivity index (χ2v) is 5.73. The maximum Gasteiger partial charge on any atom is 0.261 e. The first-order valence-electron chi connectivity index (χ1n) is 6.12. The molecule has 1 aromatic rings. The Morgan fingerprint density at radius 1 is 1.53 bits per heavy atom. The van der Waals surface area contributed by atoms with Gasteiger partial charge in [0.1, 0.15) is 0 Å². The minimum Gasteiger partial charge on any atom is -0.383 e. The SMILES string of the molecule is COCC(C)NC(=O)c1cc2c(s1)CCCC2. The van der Waals surface area contributed by atoms with E-state index in [0.717, 1.165) is 17.7 Å². The summed E-state index contributed by atoms with van der Waals surface area (Å²) in [5.41, 5.74) is 1.38. The van der Waals surface area contributed by atoms with Gasteiger partial charge in [0.2, 0.25) is 0 Å². The van der Waals surface area contributed by atoms with E-state index < -0.39 is 0 Å². The Morgan fingerprint density at radius 2 is 2.29 bits per heavy atom. The van der Waals surface area contributed by atoms with Crippen molar-refractivity contribution in [3.63, 3.8) is 0 Å². The maximum absolute atomic E-state index is 12.0. The number of fused-ring (bicyclic) bond motifs is 1. The van der Waals surface area contributed by atoms with Crippen molar-refractivity contribution in [1.82, 2.24) is 5.32 Å². The number of rotatable bonds is 4. The van der Waals surface area contributed by atoms with Crippen molar-refractivity contribution < 1.29 is 9.53 Å². The van der Waals surface area contributed by atoms with E-state index in [4.69, 9.17) is 4.74 Å². The van der Waals surface area contributed by atoms with Crippen LogP contribution in [-0.2, 0) is 17.6 Å². The second-order valence-electron chi connectivity index (χ2n) is 4.60. The molecule has 3 nitrogen and oxygen atoms in total. The molecule has 1 aromatic heterocycles. The van der Waals surface area contributed by atoms with E-state index >= 15 is 0 Å². The van der Waals surface area contributed by atoms with Crippen molar-refractivity contribution >= 4 is 17.2 Å². The summed E-state index contributed by atoms with van der Waals surface area (Å²) in [5.74, 6) is 0.0361. The van der Waals surface area contributed by atoms with Crippen molar-refractivity contribution in [2.24, 2.45) is 0 Å². The summed E-state index contributed by atoms with van der Waals surface area (Å²) in [6.07, 6.45) is 4.78. The summed E-state index contributed by atoms with van der Waals surface area (Å²) in [6, 6.07) is 2.13. The van der Waals surface area contributed by atoms with Crippen LogP contribution in [0, 0.1) is 0 Å². The van der Waals surface area contributed by atoms with Gasteiger partial charge >= 0.3 is 0 Å². The Bertz CT molecular complexity index is 377. The lowest BCUT2D eigenvalue weighted by Gasteiger charge is -2.11. The second kappa shape index (κ2) is 5.65. The number of amides is 1. The van der Waals surface area contributed by atoms with Crippen LogP contribution in [0.25, 0.3) is 0 Å². The van der Waals surface area contributed by atoms with Gasteiger partial charge in [-0.1, -0.05) is 0 Å². The molecule has 0 radical (unpaired) electrons. The molecule has 1 heterocycles. The first-order chi connectivity index (χ1) is 8.20. The predicted molar refractivity (Wildman–Crippen MR) is 69.8 cm³/mol. The highest BCUT2D eigenvalue weighted by Crippen LogP contribution is 2.29. The monoisotopic (exact) mass is 253 g/mol. The van der Waals surface area contributed by atoms with E-state index in [9.17, 15) is 4.79 Å². The van der Waals surface area contributed by atoms with Crippen molar-refractivity contribution in [1.29, 1.82) is 0 Å². The smallest absolute Gasteiger partial charge is 0.261 e. The molecule has 94 valence electrons. The number of ether oxygens (including phenoxy) is 1. The number of hydrogen-bond acceptors (Lipinski definition) is 3. The van der Waals surface area contributed by atoms with E-state index in [2.05, 4.69) is 11.4 Å². The number of aryl methyl sites for hydroxylation is 2. The van der Waals surface area contributed by atoms with Crippen LogP contribution in [0.1, 0.15) is 39.9 Å². The van der Waals surface area contributed by atoms with E-state index in [-0.39, 0.29) is 11.9 Å². The summed E-state index contributed by atoms with van der Waals surface area (Å²) >= 11 is 1.65. The molecule has 0 saturated carbocycles. The van der Waals surface area contributed by atoms with Gasteiger partial charge in [-0.2, -0.15) is 0 Å². The molecule has 1 N–H and O–H groups in total. The lowest BCUT2D eigenvalue weighted by Crippen LogP contribution is -2.35. The first kappa shape index (κ1) is 12.6. The lowest BCUT2D eigenvalue weighted by atomic mass is 9.99. The average Bonchev–Trinajstić information content (AvgIpc) is 2.72. The summed E-state index contributed by atoms with van der Waals surface area (Å²) < 4.78 is 5.01. The molecule has 0 spiro atoms. The Hall–Kier alpha value is -0.870. The van der Waals surface area contributed by atoms with Gasteiger partial charge in [0.15, 0.2) is 0 Å². The summed E-state index contributed by atoms with van der Waals surface area (Å²) in [7, 11) is 1.65. The largest absolute Gasteiger partial charge is 0.383 e. The molecule has 1 unspecified atom stereocenters. The van der Waals surface area contributed by atoms with Crippen molar-refractivity contribution in [3.05, 3.63) is 21.4 Å². The average molecular weight is 253 g/mol. The van der Waals surface area contributed by atoms with Crippen LogP contribution in [-0.4, -0.2) is 25.7 Å². The minimum absolute atomic E-state index is 0.0361. The van der Waals surface area contributed by atoms with Crippen LogP contribution in [0.3, 0.4) is 0 Å². The number of thiophene rings is 1. The molecule has 0 saturated heterocycles. The van der Waals surface area contributed by atoms with E-state index in [1.54, 1.807) is 18.4 Å². The molecule has 0 aliphatic heterocycles. The molecule has 0 fully saturated rings. The lowest BCUT2D eigenvalue weighted by molar-refractivity contribution is 0.0909. The van der Waals surface area contributed by atoms with Crippen LogP contribution in [0.2, 0.25) is 0 Å². The number of hydrogen-bond donors (Lipinski definition) is 1. The van der Waals surface area contributed by atoms with Gasteiger partial charge in [-0.25, -0.2) is 0 Å². The van der Waals surface area contributed by atoms with Crippen LogP contribution >= 0.6 is 11.3 Å². The summed E-state index contributed by atoms with van der Waals surface area (Å²) in [5, 5.41) is 2.95. The van der Waals surface area contributed by atoms with Gasteiger partial charge in [-0.3, -0.25) is 4.79 Å². The molecule has 1 aliphatic rings. The standard InChI is InChI=1S/C13H19NO2S/c1-9(8-16-2)14-13(15)12-7-10-5-3-4-6-11(10)17-12/h7,9H,3-6,8H2,1-2H3,(H,14,15). The van der Waals surface area contributed by atoms with Crippen LogP contribution < -0.4 is 5.32 Å². The van der Waals surface area contributed by atoms with Crippen LogP contribution in [0.4, 0.5) is 0 Å². The fraction of sp³-hybridized carbons (Fsp3) is 0.615. The third-order valence-electron chi connectivity index (χ3n) is 3.01. The zero-order valence-corrected chi connectivity index (χ0v) is 11.2. The Labute approximate surface area is 106 Å². The molecule has 0 aromatic carbocycles. The normalized spacial score (nSPS) is 16.4. The molecular formula is C13H19NO2S. The highest BCUT2D eigenvalue weighted by atomic mass is 32.1. The van der Waals surface area contributed by atoms with Crippen molar-refractivity contribution in [3.8, 4) is 0 Å². The third kappa shape index (κ3) is 3.07. The van der Waals surface area contributed by atoms with Gasteiger partial charge in [0, 0.05) is 18.0 Å². The van der Waals surface area contributed by atoms with Crippen LogP contribution in [0.5, 0.6) is 0 Å². The topological polar surface area (TPSA) is 38.3 Å². The Morgan fingerprint density at radius 3 is 3.00 bits per heavy atom. The highest BCUT2D eigenvalue weighted by Gasteiger charge is 2.18. The van der Waals surface area contributed by atoms with E-state index in [1.807, 2.05) is 6.92 Å². The molecule has 1 aliphatic carbocycles. The molecule has 17 heavy (non-hydrogen) atoms. The van der Waals surface area contributed by atoms with Gasteiger partial charge in [-0.05, 0) is 44.2 Å². The first-order valence-corrected chi connectivity index (χ1v) is 6.93. The quantitative estimate of drug-likeness (QED) is 0.894. The van der Waals surface area contributed by atoms with Crippen molar-refractivity contribution in [2.45, 2.75) is 38.6 Å². The Kier molecular flexibility index (Phi) is 4.18. The molecule has 4 heteroatoms. The number of carbonyl (C=O) groups is 1. The van der Waals surface area contributed by atoms with Crippen LogP contribution in [0.15, 0.2) is 6.07 Å². The molecule has 1 atom stereocenters. The van der Waals surface area contributed by atoms with Gasteiger partial charge in [0.25, 0.3) is 5.91 Å². The highest BCUT2D eigenvalue weighted by molar-refractivity contribution is 7.14. The molecule has 0 bridgehead atoms. The number of carbonyl (C=O) groups excluding carboxylic acids is 1. The number of nitrogens with one attached hydrogen (secondary N) is 1.